The van der Waals surface area contributed by atoms with Crippen LogP contribution in [0.4, 0.5) is 5.69 Å². The Labute approximate surface area is 119 Å². The Balaban J connectivity index is 1.77. The molecular formula is C13H14N2O2S2. The number of aliphatic hydroxyl groups excluding tert-OH is 1. The number of rotatable bonds is 6. The van der Waals surface area contributed by atoms with Crippen molar-refractivity contribution in [1.82, 2.24) is 4.98 Å². The second kappa shape index (κ2) is 7.28. The average molecular weight is 294 g/mol. The van der Waals surface area contributed by atoms with Gasteiger partial charge in [0.1, 0.15) is 0 Å². The standard InChI is InChI=1S/C13H14N2O2S2/c16-5-10-2-1-3-11(4-10)15-13(17)8-18-6-12-7-19-9-14-12/h1-4,7,9,16H,5-6,8H2,(H,15,17). The minimum Gasteiger partial charge on any atom is -0.392 e. The van der Waals surface area contributed by atoms with Gasteiger partial charge in [-0.15, -0.1) is 23.1 Å². The molecule has 1 heterocycles. The number of hydrogen-bond donors (Lipinski definition) is 2. The molecule has 1 amide bonds. The zero-order valence-electron chi connectivity index (χ0n) is 10.2. The second-order valence-electron chi connectivity index (χ2n) is 3.88. The van der Waals surface area contributed by atoms with E-state index < -0.39 is 0 Å². The molecular weight excluding hydrogens is 280 g/mol. The SMILES string of the molecule is O=C(CSCc1cscn1)Nc1cccc(CO)c1. The molecule has 6 heteroatoms. The summed E-state index contributed by atoms with van der Waals surface area (Å²) < 4.78 is 0. The first-order valence-electron chi connectivity index (χ1n) is 5.72. The molecule has 0 aliphatic carbocycles. The van der Waals surface area contributed by atoms with Gasteiger partial charge in [0, 0.05) is 16.8 Å². The fourth-order valence-electron chi connectivity index (χ4n) is 1.50. The maximum Gasteiger partial charge on any atom is 0.234 e. The van der Waals surface area contributed by atoms with E-state index in [0.29, 0.717) is 11.4 Å². The van der Waals surface area contributed by atoms with Crippen LogP contribution in [0.25, 0.3) is 0 Å². The number of aromatic nitrogens is 1. The lowest BCUT2D eigenvalue weighted by Crippen LogP contribution is -2.14. The van der Waals surface area contributed by atoms with Crippen molar-refractivity contribution in [2.45, 2.75) is 12.4 Å². The number of thiazole rings is 1. The Morgan fingerprint density at radius 1 is 1.47 bits per heavy atom. The van der Waals surface area contributed by atoms with Crippen molar-refractivity contribution in [1.29, 1.82) is 0 Å². The van der Waals surface area contributed by atoms with E-state index in [4.69, 9.17) is 5.11 Å². The zero-order chi connectivity index (χ0) is 13.5. The predicted molar refractivity (Wildman–Crippen MR) is 79.3 cm³/mol. The van der Waals surface area contributed by atoms with E-state index in [1.807, 2.05) is 23.6 Å². The smallest absolute Gasteiger partial charge is 0.234 e. The highest BCUT2D eigenvalue weighted by molar-refractivity contribution is 7.99. The van der Waals surface area contributed by atoms with Gasteiger partial charge >= 0.3 is 0 Å². The number of thioether (sulfide) groups is 1. The van der Waals surface area contributed by atoms with E-state index in [-0.39, 0.29) is 12.5 Å². The van der Waals surface area contributed by atoms with E-state index in [0.717, 1.165) is 17.0 Å². The van der Waals surface area contributed by atoms with Crippen molar-refractivity contribution in [3.05, 3.63) is 46.4 Å². The maximum atomic E-state index is 11.7. The van der Waals surface area contributed by atoms with Crippen molar-refractivity contribution in [2.75, 3.05) is 11.1 Å². The maximum absolute atomic E-state index is 11.7. The summed E-state index contributed by atoms with van der Waals surface area (Å²) >= 11 is 3.09. The molecule has 0 bridgehead atoms. The molecule has 0 unspecified atom stereocenters. The monoisotopic (exact) mass is 294 g/mol. The van der Waals surface area contributed by atoms with Gasteiger partial charge < -0.3 is 10.4 Å². The number of nitrogens with zero attached hydrogens (tertiary/aromatic N) is 1. The van der Waals surface area contributed by atoms with Gasteiger partial charge in [0.25, 0.3) is 0 Å². The van der Waals surface area contributed by atoms with Gasteiger partial charge in [0.05, 0.1) is 23.6 Å². The topological polar surface area (TPSA) is 62.2 Å². The number of aliphatic hydroxyl groups is 1. The molecule has 2 aromatic rings. The van der Waals surface area contributed by atoms with Crippen LogP contribution in [0.3, 0.4) is 0 Å². The molecule has 0 spiro atoms. The molecule has 0 radical (unpaired) electrons. The van der Waals surface area contributed by atoms with Crippen molar-refractivity contribution >= 4 is 34.7 Å². The molecule has 0 aliphatic heterocycles. The molecule has 2 rings (SSSR count). The second-order valence-corrected chi connectivity index (χ2v) is 5.58. The number of carbonyl (C=O) groups is 1. The molecule has 19 heavy (non-hydrogen) atoms. The van der Waals surface area contributed by atoms with E-state index in [1.165, 1.54) is 11.8 Å². The number of nitrogens with one attached hydrogen (secondary N) is 1. The summed E-state index contributed by atoms with van der Waals surface area (Å²) in [5.74, 6) is 1.09. The lowest BCUT2D eigenvalue weighted by molar-refractivity contribution is -0.113. The van der Waals surface area contributed by atoms with E-state index >= 15 is 0 Å². The molecule has 4 nitrogen and oxygen atoms in total. The van der Waals surface area contributed by atoms with Gasteiger partial charge in [-0.3, -0.25) is 4.79 Å². The summed E-state index contributed by atoms with van der Waals surface area (Å²) in [5.41, 5.74) is 4.29. The Kier molecular flexibility index (Phi) is 5.38. The molecule has 0 fully saturated rings. The van der Waals surface area contributed by atoms with Crippen LogP contribution in [-0.2, 0) is 17.2 Å². The van der Waals surface area contributed by atoms with Gasteiger partial charge in [-0.05, 0) is 17.7 Å². The number of amides is 1. The van der Waals surface area contributed by atoms with E-state index in [2.05, 4.69) is 10.3 Å². The molecule has 0 aliphatic rings. The quantitative estimate of drug-likeness (QED) is 0.859. The first-order chi connectivity index (χ1) is 9.28. The van der Waals surface area contributed by atoms with Crippen molar-refractivity contribution in [3.8, 4) is 0 Å². The summed E-state index contributed by atoms with van der Waals surface area (Å²) in [7, 11) is 0. The Hall–Kier alpha value is -1.37. The number of carbonyl (C=O) groups excluding carboxylic acids is 1. The normalized spacial score (nSPS) is 10.4. The first-order valence-corrected chi connectivity index (χ1v) is 7.82. The Morgan fingerprint density at radius 2 is 2.37 bits per heavy atom. The lowest BCUT2D eigenvalue weighted by Gasteiger charge is -2.06. The third-order valence-corrected chi connectivity index (χ3v) is 3.96. The Morgan fingerprint density at radius 3 is 3.11 bits per heavy atom. The minimum absolute atomic E-state index is 0.0255. The van der Waals surface area contributed by atoms with Crippen LogP contribution in [0.5, 0.6) is 0 Å². The van der Waals surface area contributed by atoms with Crippen molar-refractivity contribution in [2.24, 2.45) is 0 Å². The molecule has 0 saturated carbocycles. The first kappa shape index (κ1) is 14.0. The van der Waals surface area contributed by atoms with Crippen LogP contribution < -0.4 is 5.32 Å². The molecule has 1 aromatic carbocycles. The summed E-state index contributed by atoms with van der Waals surface area (Å²) in [6.07, 6.45) is 0. The van der Waals surface area contributed by atoms with Crippen LogP contribution in [0.15, 0.2) is 35.2 Å². The van der Waals surface area contributed by atoms with Gasteiger partial charge in [-0.25, -0.2) is 4.98 Å². The lowest BCUT2D eigenvalue weighted by atomic mass is 10.2. The number of anilines is 1. The summed E-state index contributed by atoms with van der Waals surface area (Å²) in [6.45, 7) is -0.0255. The fraction of sp³-hybridized carbons (Fsp3) is 0.231. The van der Waals surface area contributed by atoms with Crippen LogP contribution in [-0.4, -0.2) is 21.8 Å². The van der Waals surface area contributed by atoms with Crippen LogP contribution in [0.2, 0.25) is 0 Å². The third-order valence-electron chi connectivity index (χ3n) is 2.36. The minimum atomic E-state index is -0.0460. The highest BCUT2D eigenvalue weighted by Gasteiger charge is 2.04. The molecule has 100 valence electrons. The summed E-state index contributed by atoms with van der Waals surface area (Å²) in [4.78, 5) is 15.9. The Bertz CT molecular complexity index is 529. The summed E-state index contributed by atoms with van der Waals surface area (Å²) in [5, 5.41) is 13.8. The van der Waals surface area contributed by atoms with Gasteiger partial charge in [0.15, 0.2) is 0 Å². The largest absolute Gasteiger partial charge is 0.392 e. The molecule has 1 aromatic heterocycles. The van der Waals surface area contributed by atoms with Crippen molar-refractivity contribution < 1.29 is 9.90 Å². The van der Waals surface area contributed by atoms with Crippen LogP contribution in [0.1, 0.15) is 11.3 Å². The number of benzene rings is 1. The predicted octanol–water partition coefficient (Wildman–Crippen LogP) is 2.51. The molecule has 0 saturated heterocycles. The van der Waals surface area contributed by atoms with Crippen LogP contribution in [0, 0.1) is 0 Å². The van der Waals surface area contributed by atoms with Crippen LogP contribution >= 0.6 is 23.1 Å². The zero-order valence-corrected chi connectivity index (χ0v) is 11.8. The number of hydrogen-bond acceptors (Lipinski definition) is 5. The van der Waals surface area contributed by atoms with E-state index in [9.17, 15) is 4.79 Å². The fourth-order valence-corrected chi connectivity index (χ4v) is 2.89. The summed E-state index contributed by atoms with van der Waals surface area (Å²) in [6, 6.07) is 7.20. The average Bonchev–Trinajstić information content (AvgIpc) is 2.92. The molecule has 2 N–H and O–H groups in total. The van der Waals surface area contributed by atoms with Crippen molar-refractivity contribution in [3.63, 3.8) is 0 Å². The third kappa shape index (κ3) is 4.66. The highest BCUT2D eigenvalue weighted by atomic mass is 32.2. The molecule has 0 atom stereocenters. The van der Waals surface area contributed by atoms with E-state index in [1.54, 1.807) is 22.9 Å². The highest BCUT2D eigenvalue weighted by Crippen LogP contribution is 2.14. The van der Waals surface area contributed by atoms with Gasteiger partial charge in [-0.1, -0.05) is 12.1 Å². The van der Waals surface area contributed by atoms with Gasteiger partial charge in [0.2, 0.25) is 5.91 Å². The van der Waals surface area contributed by atoms with Gasteiger partial charge in [-0.2, -0.15) is 0 Å².